The molecule has 3 aliphatic heterocycles. The summed E-state index contributed by atoms with van der Waals surface area (Å²) in [6, 6.07) is 3.52. The van der Waals surface area contributed by atoms with Crippen LogP contribution in [0.25, 0.3) is 0 Å². The van der Waals surface area contributed by atoms with Gasteiger partial charge in [-0.15, -0.1) is 0 Å². The minimum Gasteiger partial charge on any atom is -0.426 e. The number of ether oxygens (including phenoxy) is 1. The van der Waals surface area contributed by atoms with Crippen LogP contribution in [-0.4, -0.2) is 98.7 Å². The summed E-state index contributed by atoms with van der Waals surface area (Å²) in [5.74, 6) is 0.684. The molecule has 0 aromatic heterocycles. The Morgan fingerprint density at radius 3 is 1.95 bits per heavy atom. The minimum atomic E-state index is -5.81. The lowest BCUT2D eigenvalue weighted by Crippen LogP contribution is -2.52. The van der Waals surface area contributed by atoms with E-state index in [9.17, 15) is 44.3 Å². The van der Waals surface area contributed by atoms with Crippen molar-refractivity contribution in [1.82, 2.24) is 14.7 Å². The zero-order valence-electron chi connectivity index (χ0n) is 20.3. The monoisotopic (exact) mass is 562 g/mol. The second-order valence-electron chi connectivity index (χ2n) is 10.1. The van der Waals surface area contributed by atoms with Gasteiger partial charge < -0.3 is 19.4 Å². The molecule has 3 fully saturated rings. The fourth-order valence-electron chi connectivity index (χ4n) is 5.42. The van der Waals surface area contributed by atoms with E-state index in [0.717, 1.165) is 30.1 Å². The molecule has 2 unspecified atom stereocenters. The summed E-state index contributed by atoms with van der Waals surface area (Å²) < 4.78 is 120. The Kier molecular flexibility index (Phi) is 7.73. The Morgan fingerprint density at radius 1 is 0.895 bits per heavy atom. The minimum absolute atomic E-state index is 0.0916. The van der Waals surface area contributed by atoms with Crippen LogP contribution in [0, 0.1) is 11.8 Å². The zero-order valence-corrected chi connectivity index (χ0v) is 20.3. The molecule has 0 bridgehead atoms. The molecule has 15 heteroatoms. The van der Waals surface area contributed by atoms with E-state index in [1.54, 1.807) is 4.90 Å². The number of anilines is 1. The molecule has 214 valence electrons. The van der Waals surface area contributed by atoms with Gasteiger partial charge in [-0.25, -0.2) is 4.79 Å². The van der Waals surface area contributed by atoms with Gasteiger partial charge >= 0.3 is 24.6 Å². The van der Waals surface area contributed by atoms with Crippen molar-refractivity contribution in [2.75, 3.05) is 64.3 Å². The fourth-order valence-corrected chi connectivity index (χ4v) is 5.42. The van der Waals surface area contributed by atoms with Gasteiger partial charge in [0.2, 0.25) is 0 Å². The number of carbonyl (C=O) groups excluding carboxylic acids is 1. The Morgan fingerprint density at radius 2 is 1.45 bits per heavy atom. The lowest BCUT2D eigenvalue weighted by molar-refractivity contribution is -0.308. The van der Waals surface area contributed by atoms with E-state index < -0.39 is 36.3 Å². The van der Waals surface area contributed by atoms with E-state index >= 15 is 0 Å². The van der Waals surface area contributed by atoms with E-state index in [4.69, 9.17) is 0 Å². The first-order valence-corrected chi connectivity index (χ1v) is 12.0. The Balaban J connectivity index is 1.42. The first kappa shape index (κ1) is 28.6. The first-order valence-electron chi connectivity index (χ1n) is 12.0. The number of piperazine rings is 1. The highest BCUT2D eigenvalue weighted by Crippen LogP contribution is 2.39. The van der Waals surface area contributed by atoms with Crippen LogP contribution in [-0.2, 0) is 17.5 Å². The second-order valence-corrected chi connectivity index (χ2v) is 10.1. The van der Waals surface area contributed by atoms with Crippen LogP contribution in [0.1, 0.15) is 11.1 Å². The van der Waals surface area contributed by atoms with E-state index in [2.05, 4.69) is 9.64 Å². The number of hydrogen-bond donors (Lipinski definition) is 0. The Labute approximate surface area is 212 Å². The summed E-state index contributed by atoms with van der Waals surface area (Å²) >= 11 is 0. The summed E-state index contributed by atoms with van der Waals surface area (Å²) in [6.07, 6.45) is -22.1. The van der Waals surface area contributed by atoms with E-state index in [1.165, 1.54) is 6.07 Å². The molecule has 2 atom stereocenters. The molecule has 0 N–H and O–H groups in total. The summed E-state index contributed by atoms with van der Waals surface area (Å²) in [7, 11) is 2.00. The average molecular weight is 562 g/mol. The molecule has 38 heavy (non-hydrogen) atoms. The van der Waals surface area contributed by atoms with Crippen molar-refractivity contribution in [1.29, 1.82) is 0 Å². The number of rotatable bonds is 4. The number of benzene rings is 1. The topological polar surface area (TPSA) is 39.3 Å². The van der Waals surface area contributed by atoms with Gasteiger partial charge in [-0.05, 0) is 36.6 Å². The van der Waals surface area contributed by atoms with E-state index in [-0.39, 0.29) is 32.7 Å². The molecule has 0 spiro atoms. The highest BCUT2D eigenvalue weighted by Gasteiger charge is 2.60. The van der Waals surface area contributed by atoms with Crippen LogP contribution in [0.2, 0.25) is 0 Å². The highest BCUT2D eigenvalue weighted by molar-refractivity contribution is 5.68. The maximum absolute atomic E-state index is 13.5. The van der Waals surface area contributed by atoms with Crippen molar-refractivity contribution in [3.63, 3.8) is 0 Å². The predicted octanol–water partition coefficient (Wildman–Crippen LogP) is 4.45. The normalized spacial score (nSPS) is 23.9. The second kappa shape index (κ2) is 10.3. The van der Waals surface area contributed by atoms with Gasteiger partial charge in [0.05, 0.1) is 5.56 Å². The van der Waals surface area contributed by atoms with Crippen molar-refractivity contribution in [2.45, 2.75) is 31.2 Å². The number of alkyl halides is 9. The van der Waals surface area contributed by atoms with Gasteiger partial charge in [-0.3, -0.25) is 4.90 Å². The highest BCUT2D eigenvalue weighted by atomic mass is 19.4. The molecule has 0 aliphatic carbocycles. The Bertz CT molecular complexity index is 978. The van der Waals surface area contributed by atoms with Crippen molar-refractivity contribution in [3.05, 3.63) is 29.3 Å². The van der Waals surface area contributed by atoms with Crippen molar-refractivity contribution >= 4 is 11.8 Å². The number of nitrogens with zero attached hydrogens (tertiary/aromatic N) is 4. The zero-order chi connectivity index (χ0) is 28.0. The summed E-state index contributed by atoms with van der Waals surface area (Å²) in [5, 5.41) is 0. The molecule has 1 amide bonds. The molecular weight excluding hydrogens is 535 g/mol. The predicted molar refractivity (Wildman–Crippen MR) is 117 cm³/mol. The number of hydrogen-bond acceptors (Lipinski definition) is 5. The molecule has 3 saturated heterocycles. The third-order valence-electron chi connectivity index (χ3n) is 7.26. The SMILES string of the molecule is CN1CC2CN(c3cc(C(F)(F)F)ccc3CN3CCN(C(=O)OC(C(F)(F)F)C(F)(F)F)CC3)CC2C1. The molecule has 4 rings (SSSR count). The third-order valence-corrected chi connectivity index (χ3v) is 7.26. The summed E-state index contributed by atoms with van der Waals surface area (Å²) in [4.78, 5) is 18.7. The number of halogens is 9. The van der Waals surface area contributed by atoms with E-state index in [1.807, 2.05) is 11.9 Å². The van der Waals surface area contributed by atoms with Gasteiger partial charge in [-0.1, -0.05) is 6.07 Å². The van der Waals surface area contributed by atoms with Crippen molar-refractivity contribution in [2.24, 2.45) is 11.8 Å². The quantitative estimate of drug-likeness (QED) is 0.508. The van der Waals surface area contributed by atoms with Crippen molar-refractivity contribution < 1.29 is 49.0 Å². The first-order chi connectivity index (χ1) is 17.5. The number of amides is 1. The summed E-state index contributed by atoms with van der Waals surface area (Å²) in [6.45, 7) is 2.94. The molecule has 3 aliphatic rings. The van der Waals surface area contributed by atoms with Crippen molar-refractivity contribution in [3.8, 4) is 0 Å². The van der Waals surface area contributed by atoms with Gasteiger partial charge in [-0.2, -0.15) is 39.5 Å². The molecule has 6 nitrogen and oxygen atoms in total. The smallest absolute Gasteiger partial charge is 0.426 e. The molecule has 0 saturated carbocycles. The standard InChI is InChI=1S/C23H27F9N4O2/c1-33-9-15-12-36(13-16(15)10-33)18-8-17(21(24,25)26)3-2-14(18)11-34-4-6-35(7-5-34)20(37)38-19(22(27,28)29)23(30,31)32/h2-3,8,15-16,19H,4-7,9-13H2,1H3. The average Bonchev–Trinajstić information content (AvgIpc) is 3.33. The number of carbonyl (C=O) groups is 1. The van der Waals surface area contributed by atoms with E-state index in [0.29, 0.717) is 36.2 Å². The van der Waals surface area contributed by atoms with Gasteiger partial charge in [0.1, 0.15) is 0 Å². The van der Waals surface area contributed by atoms with Gasteiger partial charge in [0.15, 0.2) is 0 Å². The van der Waals surface area contributed by atoms with Crippen LogP contribution >= 0.6 is 0 Å². The lowest BCUT2D eigenvalue weighted by Gasteiger charge is -2.36. The van der Waals surface area contributed by atoms with Crippen LogP contribution in [0.4, 0.5) is 50.0 Å². The third kappa shape index (κ3) is 6.41. The van der Waals surface area contributed by atoms with Crippen LogP contribution in [0.3, 0.4) is 0 Å². The fraction of sp³-hybridized carbons (Fsp3) is 0.696. The maximum Gasteiger partial charge on any atom is 0.434 e. The van der Waals surface area contributed by atoms with Gasteiger partial charge in [0.25, 0.3) is 6.10 Å². The van der Waals surface area contributed by atoms with Crippen LogP contribution < -0.4 is 4.90 Å². The summed E-state index contributed by atoms with van der Waals surface area (Å²) in [5.41, 5.74) is 0.301. The Hall–Kier alpha value is -2.42. The lowest BCUT2D eigenvalue weighted by atomic mass is 10.0. The number of fused-ring (bicyclic) bond motifs is 1. The van der Waals surface area contributed by atoms with Crippen LogP contribution in [0.15, 0.2) is 18.2 Å². The van der Waals surface area contributed by atoms with Gasteiger partial charge in [0, 0.05) is 64.6 Å². The molecule has 0 radical (unpaired) electrons. The molecule has 1 aromatic carbocycles. The van der Waals surface area contributed by atoms with Crippen LogP contribution in [0.5, 0.6) is 0 Å². The molecule has 1 aromatic rings. The molecule has 3 heterocycles. The largest absolute Gasteiger partial charge is 0.434 e. The number of likely N-dealkylation sites (tertiary alicyclic amines) is 1. The maximum atomic E-state index is 13.5. The molecular formula is C23H27F9N4O2.